The van der Waals surface area contributed by atoms with E-state index in [4.69, 9.17) is 18.9 Å². The molecule has 0 unspecified atom stereocenters. The van der Waals surface area contributed by atoms with Gasteiger partial charge in [0.15, 0.2) is 0 Å². The van der Waals surface area contributed by atoms with E-state index < -0.39 is 46.6 Å². The number of hydrogen-bond donors (Lipinski definition) is 0. The van der Waals surface area contributed by atoms with Crippen molar-refractivity contribution in [2.75, 3.05) is 26.4 Å². The van der Waals surface area contributed by atoms with Crippen LogP contribution >= 0.6 is 0 Å². The Morgan fingerprint density at radius 1 is 0.488 bits per heavy atom. The summed E-state index contributed by atoms with van der Waals surface area (Å²) in [6.45, 7) is 22.3. The maximum atomic E-state index is 11.2. The average molecular weight is 635 g/mol. The Hall–Kier alpha value is -2.96. The van der Waals surface area contributed by atoms with Gasteiger partial charge in [-0.1, -0.05) is 40.2 Å². The van der Waals surface area contributed by atoms with Gasteiger partial charge in [-0.25, -0.2) is 19.2 Å². The van der Waals surface area contributed by atoms with Crippen LogP contribution in [0.4, 0.5) is 0 Å². The zero-order valence-electron chi connectivity index (χ0n) is 26.1. The van der Waals surface area contributed by atoms with Gasteiger partial charge in [-0.2, -0.15) is 0 Å². The van der Waals surface area contributed by atoms with Gasteiger partial charge in [0.25, 0.3) is 0 Å². The monoisotopic (exact) mass is 634 g/mol. The van der Waals surface area contributed by atoms with Gasteiger partial charge in [-0.05, 0) is 53.4 Å². The summed E-state index contributed by atoms with van der Waals surface area (Å²) in [5, 5.41) is 22.4. The van der Waals surface area contributed by atoms with Crippen LogP contribution in [-0.2, 0) is 47.7 Å². The molecule has 0 rings (SSSR count). The number of aliphatic carboxylic acids is 2. The van der Waals surface area contributed by atoms with E-state index in [1.54, 1.807) is 0 Å². The van der Waals surface area contributed by atoms with Gasteiger partial charge in [0.1, 0.15) is 0 Å². The van der Waals surface area contributed by atoms with Gasteiger partial charge in [0.05, 0.1) is 26.4 Å². The van der Waals surface area contributed by atoms with Crippen LogP contribution in [0.25, 0.3) is 0 Å². The topological polar surface area (TPSA) is 185 Å². The number of esters is 4. The molecule has 0 spiro atoms. The summed E-state index contributed by atoms with van der Waals surface area (Å²) in [5.74, 6) is -4.90. The fraction of sp³-hybridized carbons (Fsp3) is 0.533. The minimum atomic E-state index is -1.29. The van der Waals surface area contributed by atoms with Gasteiger partial charge in [-0.15, -0.1) is 0 Å². The molecule has 0 aliphatic heterocycles. The Kier molecular flexibility index (Phi) is 22.4. The molecule has 0 N–H and O–H groups in total. The summed E-state index contributed by atoms with van der Waals surface area (Å²) >= 11 is 0. The van der Waals surface area contributed by atoms with E-state index in [2.05, 4.69) is 26.3 Å². The fourth-order valence-corrected chi connectivity index (χ4v) is 2.63. The predicted molar refractivity (Wildman–Crippen MR) is 154 cm³/mol. The molecule has 0 atom stereocenters. The molecule has 12 nitrogen and oxygen atoms in total. The van der Waals surface area contributed by atoms with Crippen LogP contribution in [0, 0.1) is 10.8 Å². The maximum absolute atomic E-state index is 11.2. The second-order valence-corrected chi connectivity index (χ2v) is 10.4. The van der Waals surface area contributed by atoms with Gasteiger partial charge < -0.3 is 38.7 Å². The molecule has 0 radical (unpaired) electrons. The van der Waals surface area contributed by atoms with Crippen LogP contribution in [0.3, 0.4) is 0 Å². The Balaban J connectivity index is -0.000000727. The number of rotatable bonds is 18. The third-order valence-electron chi connectivity index (χ3n) is 5.93. The van der Waals surface area contributed by atoms with Gasteiger partial charge in [-0.3, -0.25) is 0 Å². The summed E-state index contributed by atoms with van der Waals surface area (Å²) in [6.07, 6.45) is 0.218. The molecule has 0 amide bonds. The maximum Gasteiger partial charge on any atom is 2.00 e. The van der Waals surface area contributed by atoms with Crippen molar-refractivity contribution in [1.29, 1.82) is 0 Å². The molecule has 0 saturated heterocycles. The SMILES string of the molecule is C=C(C)C(=O)OCCC(C)(CCOC(=O)C(=C)C)C(=O)[O-].C=C(C)C(=O)OCCC(C)(CCOC(=O)C(=C)C)C(=O)[O-].[Ca+2]. The van der Waals surface area contributed by atoms with E-state index in [0.717, 1.165) is 0 Å². The Morgan fingerprint density at radius 3 is 0.767 bits per heavy atom. The van der Waals surface area contributed by atoms with E-state index >= 15 is 0 Å². The summed E-state index contributed by atoms with van der Waals surface area (Å²) in [7, 11) is 0. The molecule has 13 heteroatoms. The molecular formula is C30H42CaO12. The zero-order chi connectivity index (χ0) is 33.3. The van der Waals surface area contributed by atoms with Crippen molar-refractivity contribution in [1.82, 2.24) is 0 Å². The first-order valence-corrected chi connectivity index (χ1v) is 12.9. The molecule has 0 fully saturated rings. The molecule has 0 saturated carbocycles. The third kappa shape index (κ3) is 19.0. The van der Waals surface area contributed by atoms with Crippen LogP contribution in [0.2, 0.25) is 0 Å². The standard InChI is InChI=1S/2C15H22O6.Ca/c2*1-10(2)12(16)20-8-6-15(5,14(18)19)7-9-21-13(17)11(3)4;/h2*1,3,6-9H2,2,4-5H3,(H,18,19);/q;;+2/p-2. The molecule has 0 aromatic heterocycles. The normalized spacial score (nSPS) is 10.4. The van der Waals surface area contributed by atoms with Gasteiger partial charge >= 0.3 is 61.6 Å². The van der Waals surface area contributed by atoms with Crippen molar-refractivity contribution in [3.8, 4) is 0 Å². The van der Waals surface area contributed by atoms with Crippen molar-refractivity contribution < 1.29 is 57.9 Å². The molecular weight excluding hydrogens is 592 g/mol. The van der Waals surface area contributed by atoms with Crippen molar-refractivity contribution in [2.45, 2.75) is 67.2 Å². The fourth-order valence-electron chi connectivity index (χ4n) is 2.63. The Bertz CT molecular complexity index is 925. The number of carboxylic acid groups (broad SMARTS) is 2. The van der Waals surface area contributed by atoms with Crippen LogP contribution in [-0.4, -0.2) is 100.0 Å². The van der Waals surface area contributed by atoms with Gasteiger partial charge in [0, 0.05) is 45.1 Å². The molecule has 0 aromatic rings. The van der Waals surface area contributed by atoms with E-state index in [1.165, 1.54) is 41.5 Å². The number of carbonyl (C=O) groups excluding carboxylic acids is 6. The van der Waals surface area contributed by atoms with Crippen molar-refractivity contribution in [3.63, 3.8) is 0 Å². The number of hydrogen-bond acceptors (Lipinski definition) is 12. The predicted octanol–water partition coefficient (Wildman–Crippen LogP) is 1.14. The van der Waals surface area contributed by atoms with Crippen molar-refractivity contribution in [3.05, 3.63) is 48.6 Å². The minimum absolute atomic E-state index is 0. The van der Waals surface area contributed by atoms with Crippen molar-refractivity contribution in [2.24, 2.45) is 10.8 Å². The second-order valence-electron chi connectivity index (χ2n) is 10.4. The van der Waals surface area contributed by atoms with E-state index in [1.807, 2.05) is 0 Å². The van der Waals surface area contributed by atoms with E-state index in [0.29, 0.717) is 0 Å². The summed E-state index contributed by atoms with van der Waals surface area (Å²) in [4.78, 5) is 67.3. The molecule has 0 bridgehead atoms. The quantitative estimate of drug-likeness (QED) is 0.0907. The van der Waals surface area contributed by atoms with E-state index in [-0.39, 0.29) is 112 Å². The largest absolute Gasteiger partial charge is 2.00 e. The van der Waals surface area contributed by atoms with Crippen LogP contribution in [0.1, 0.15) is 67.2 Å². The minimum Gasteiger partial charge on any atom is -0.550 e. The number of carboxylic acids is 2. The molecule has 0 aliphatic carbocycles. The van der Waals surface area contributed by atoms with Crippen molar-refractivity contribution >= 4 is 73.6 Å². The van der Waals surface area contributed by atoms with Crippen LogP contribution in [0.15, 0.2) is 48.6 Å². The van der Waals surface area contributed by atoms with Crippen LogP contribution < -0.4 is 10.2 Å². The van der Waals surface area contributed by atoms with E-state index in [9.17, 15) is 39.0 Å². The average Bonchev–Trinajstić information content (AvgIpc) is 2.88. The molecule has 0 heterocycles. The Morgan fingerprint density at radius 2 is 0.651 bits per heavy atom. The molecule has 0 aromatic carbocycles. The summed E-state index contributed by atoms with van der Waals surface area (Å²) in [5.41, 5.74) is -1.57. The molecule has 0 aliphatic rings. The van der Waals surface area contributed by atoms with Gasteiger partial charge in [0.2, 0.25) is 0 Å². The first-order chi connectivity index (χ1) is 19.2. The first-order valence-electron chi connectivity index (χ1n) is 12.9. The first kappa shape index (κ1) is 44.5. The number of carbonyl (C=O) groups is 6. The Labute approximate surface area is 283 Å². The third-order valence-corrected chi connectivity index (χ3v) is 5.93. The smallest absolute Gasteiger partial charge is 0.550 e. The summed E-state index contributed by atoms with van der Waals surface area (Å²) < 4.78 is 19.5. The zero-order valence-corrected chi connectivity index (χ0v) is 28.3. The number of ether oxygens (including phenoxy) is 4. The summed E-state index contributed by atoms with van der Waals surface area (Å²) in [6, 6.07) is 0. The second kappa shape index (κ2) is 21.7. The molecule has 236 valence electrons. The molecule has 43 heavy (non-hydrogen) atoms. The van der Waals surface area contributed by atoms with Crippen LogP contribution in [0.5, 0.6) is 0 Å².